The minimum Gasteiger partial charge on any atom is -0.324 e. The van der Waals surface area contributed by atoms with Crippen LogP contribution in [0.5, 0.6) is 0 Å². The monoisotopic (exact) mass is 535 g/mol. The van der Waals surface area contributed by atoms with Gasteiger partial charge in [0.2, 0.25) is 0 Å². The molecule has 0 radical (unpaired) electrons. The van der Waals surface area contributed by atoms with Crippen LogP contribution in [0.3, 0.4) is 0 Å². The third kappa shape index (κ3) is 5.15. The van der Waals surface area contributed by atoms with Crippen molar-refractivity contribution in [1.82, 2.24) is 29.0 Å². The lowest BCUT2D eigenvalue weighted by Gasteiger charge is -2.32. The smallest absolute Gasteiger partial charge is 0.324 e. The molecule has 10 nitrogen and oxygen atoms in total. The quantitative estimate of drug-likeness (QED) is 0.340. The number of anilines is 1. The largest absolute Gasteiger partial charge is 0.327 e. The number of pyridine rings is 3. The number of aromatic nitrogens is 5. The number of nitrogens with zero attached hydrogens (tertiary/aromatic N) is 5. The van der Waals surface area contributed by atoms with Crippen molar-refractivity contribution in [2.75, 3.05) is 18.4 Å². The molecule has 40 heavy (non-hydrogen) atoms. The number of hydrogen-bond donors (Lipinski definition) is 2. The number of urea groups is 1. The van der Waals surface area contributed by atoms with E-state index in [1.54, 1.807) is 38.6 Å². The van der Waals surface area contributed by atoms with Gasteiger partial charge in [-0.05, 0) is 48.7 Å². The minimum absolute atomic E-state index is 0.0419. The zero-order valence-corrected chi connectivity index (χ0v) is 21.9. The summed E-state index contributed by atoms with van der Waals surface area (Å²) >= 11 is 0. The maximum absolute atomic E-state index is 13.4. The van der Waals surface area contributed by atoms with E-state index >= 15 is 0 Å². The number of fused-ring (bicyclic) bond motifs is 1. The minimum atomic E-state index is -0.329. The van der Waals surface area contributed by atoms with E-state index in [0.717, 1.165) is 22.3 Å². The number of aromatic amines is 1. The number of imidazole rings is 1. The van der Waals surface area contributed by atoms with Crippen molar-refractivity contribution in [1.29, 1.82) is 0 Å². The summed E-state index contributed by atoms with van der Waals surface area (Å²) in [7, 11) is 0. The standard InChI is InChI=1S/C30H29N7O3/c38-28-25(19-22(21-7-2-1-3-8-21)20-36(28)16-11-23-9-4-5-14-31-23)33-29(39)35-17-12-24(13-18-35)37-26-10-6-15-32-27(26)34-30(37)40/h1-10,14-15,19-20,24H,11-13,16-18H2,(H,33,39)(H,32,34,40). The summed E-state index contributed by atoms with van der Waals surface area (Å²) in [4.78, 5) is 52.4. The second-order valence-electron chi connectivity index (χ2n) is 9.90. The highest BCUT2D eigenvalue weighted by molar-refractivity contribution is 5.90. The van der Waals surface area contributed by atoms with E-state index in [2.05, 4.69) is 20.3 Å². The van der Waals surface area contributed by atoms with E-state index in [9.17, 15) is 14.4 Å². The molecule has 4 aromatic heterocycles. The van der Waals surface area contributed by atoms with Gasteiger partial charge in [0.1, 0.15) is 5.69 Å². The number of H-pyrrole nitrogens is 1. The van der Waals surface area contributed by atoms with Crippen LogP contribution in [0.2, 0.25) is 0 Å². The maximum Gasteiger partial charge on any atom is 0.327 e. The Balaban J connectivity index is 1.20. The van der Waals surface area contributed by atoms with E-state index in [0.29, 0.717) is 44.5 Å². The maximum atomic E-state index is 13.4. The summed E-state index contributed by atoms with van der Waals surface area (Å²) in [6.07, 6.45) is 7.03. The van der Waals surface area contributed by atoms with Gasteiger partial charge in [-0.2, -0.15) is 0 Å². The molecule has 1 fully saturated rings. The fourth-order valence-electron chi connectivity index (χ4n) is 5.30. The molecule has 2 amide bonds. The molecule has 0 aliphatic carbocycles. The van der Waals surface area contributed by atoms with Crippen LogP contribution in [0.15, 0.2) is 94.9 Å². The Morgan fingerprint density at radius 2 is 1.70 bits per heavy atom. The van der Waals surface area contributed by atoms with Crippen LogP contribution in [0.4, 0.5) is 10.5 Å². The Labute approximate surface area is 230 Å². The van der Waals surface area contributed by atoms with Crippen LogP contribution in [0, 0.1) is 0 Å². The molecule has 0 saturated carbocycles. The molecule has 1 aromatic carbocycles. The van der Waals surface area contributed by atoms with Crippen LogP contribution in [0.1, 0.15) is 24.6 Å². The molecule has 0 atom stereocenters. The summed E-state index contributed by atoms with van der Waals surface area (Å²) in [6, 6.07) is 20.5. The van der Waals surface area contributed by atoms with Crippen molar-refractivity contribution in [3.05, 3.63) is 112 Å². The van der Waals surface area contributed by atoms with Gasteiger partial charge >= 0.3 is 11.7 Å². The number of likely N-dealkylation sites (tertiary alicyclic amines) is 1. The van der Waals surface area contributed by atoms with E-state index in [1.165, 1.54) is 0 Å². The van der Waals surface area contributed by atoms with Gasteiger partial charge in [0.25, 0.3) is 5.56 Å². The summed E-state index contributed by atoms with van der Waals surface area (Å²) in [5.74, 6) is 0. The van der Waals surface area contributed by atoms with Crippen molar-refractivity contribution < 1.29 is 4.79 Å². The second-order valence-corrected chi connectivity index (χ2v) is 9.90. The molecular weight excluding hydrogens is 506 g/mol. The topological polar surface area (TPSA) is 118 Å². The lowest BCUT2D eigenvalue weighted by Crippen LogP contribution is -2.43. The zero-order valence-electron chi connectivity index (χ0n) is 21.9. The molecule has 0 unspecified atom stereocenters. The lowest BCUT2D eigenvalue weighted by atomic mass is 10.0. The highest BCUT2D eigenvalue weighted by Gasteiger charge is 2.27. The molecule has 1 saturated heterocycles. The number of aryl methyl sites for hydroxylation is 2. The summed E-state index contributed by atoms with van der Waals surface area (Å²) < 4.78 is 3.37. The Bertz CT molecular complexity index is 1750. The first kappa shape index (κ1) is 25.3. The summed E-state index contributed by atoms with van der Waals surface area (Å²) in [5, 5.41) is 2.87. The molecule has 0 bridgehead atoms. The molecule has 1 aliphatic heterocycles. The van der Waals surface area contributed by atoms with E-state index in [4.69, 9.17) is 0 Å². The first-order valence-corrected chi connectivity index (χ1v) is 13.4. The van der Waals surface area contributed by atoms with Gasteiger partial charge in [-0.1, -0.05) is 36.4 Å². The molecule has 202 valence electrons. The van der Waals surface area contributed by atoms with Crippen molar-refractivity contribution >= 4 is 22.9 Å². The van der Waals surface area contributed by atoms with Crippen LogP contribution in [-0.4, -0.2) is 48.1 Å². The predicted molar refractivity (Wildman–Crippen MR) is 153 cm³/mol. The number of carbonyl (C=O) groups is 1. The van der Waals surface area contributed by atoms with Gasteiger partial charge in [0, 0.05) is 61.9 Å². The number of carbonyl (C=O) groups excluding carboxylic acids is 1. The van der Waals surface area contributed by atoms with Crippen molar-refractivity contribution in [2.24, 2.45) is 0 Å². The van der Waals surface area contributed by atoms with Gasteiger partial charge in [-0.15, -0.1) is 0 Å². The van der Waals surface area contributed by atoms with Crippen molar-refractivity contribution in [3.63, 3.8) is 0 Å². The highest BCUT2D eigenvalue weighted by Crippen LogP contribution is 2.25. The van der Waals surface area contributed by atoms with E-state index in [-0.39, 0.29) is 29.0 Å². The third-order valence-corrected chi connectivity index (χ3v) is 7.38. The van der Waals surface area contributed by atoms with Crippen LogP contribution in [0.25, 0.3) is 22.3 Å². The Kier molecular flexibility index (Phi) is 6.96. The lowest BCUT2D eigenvalue weighted by molar-refractivity contribution is 0.184. The fourth-order valence-corrected chi connectivity index (χ4v) is 5.30. The third-order valence-electron chi connectivity index (χ3n) is 7.38. The van der Waals surface area contributed by atoms with Crippen molar-refractivity contribution in [3.8, 4) is 11.1 Å². The van der Waals surface area contributed by atoms with Gasteiger partial charge in [-0.3, -0.25) is 19.3 Å². The first-order valence-electron chi connectivity index (χ1n) is 13.4. The van der Waals surface area contributed by atoms with Crippen molar-refractivity contribution in [2.45, 2.75) is 31.8 Å². The number of hydrogen-bond acceptors (Lipinski definition) is 5. The first-order chi connectivity index (χ1) is 19.6. The summed E-state index contributed by atoms with van der Waals surface area (Å²) in [6.45, 7) is 1.35. The Hall–Kier alpha value is -4.99. The van der Waals surface area contributed by atoms with Gasteiger partial charge in [0.05, 0.1) is 5.52 Å². The zero-order chi connectivity index (χ0) is 27.5. The molecule has 6 rings (SSSR count). The number of benzene rings is 1. The number of piperidine rings is 1. The van der Waals surface area contributed by atoms with Gasteiger partial charge in [-0.25, -0.2) is 14.6 Å². The van der Waals surface area contributed by atoms with Gasteiger partial charge in [0.15, 0.2) is 5.65 Å². The SMILES string of the molecule is O=C(Nc1cc(-c2ccccc2)cn(CCc2ccccn2)c1=O)N1CCC(n2c(=O)[nH]c3ncccc32)CC1. The molecular formula is C30H29N7O3. The van der Waals surface area contributed by atoms with Gasteiger partial charge < -0.3 is 14.8 Å². The number of nitrogens with one attached hydrogen (secondary N) is 2. The average Bonchev–Trinajstić information content (AvgIpc) is 3.34. The van der Waals surface area contributed by atoms with Crippen LogP contribution >= 0.6 is 0 Å². The van der Waals surface area contributed by atoms with E-state index in [1.807, 2.05) is 60.8 Å². The molecule has 10 heteroatoms. The number of rotatable bonds is 6. The molecule has 5 heterocycles. The second kappa shape index (κ2) is 11.0. The summed E-state index contributed by atoms with van der Waals surface area (Å²) in [5.41, 5.74) is 3.76. The molecule has 0 spiro atoms. The fraction of sp³-hybridized carbons (Fsp3) is 0.233. The Morgan fingerprint density at radius 3 is 2.48 bits per heavy atom. The van der Waals surface area contributed by atoms with Crippen LogP contribution < -0.4 is 16.6 Å². The Morgan fingerprint density at radius 1 is 0.925 bits per heavy atom. The molecule has 1 aliphatic rings. The number of amides is 2. The average molecular weight is 536 g/mol. The molecule has 5 aromatic rings. The highest BCUT2D eigenvalue weighted by atomic mass is 16.2. The molecule has 2 N–H and O–H groups in total. The van der Waals surface area contributed by atoms with E-state index < -0.39 is 0 Å². The predicted octanol–water partition coefficient (Wildman–Crippen LogP) is 4.06. The van der Waals surface area contributed by atoms with Crippen LogP contribution in [-0.2, 0) is 13.0 Å². The normalized spacial score (nSPS) is 13.9.